The Hall–Kier alpha value is -15.9. The standard InChI is InChI=1S/C31H5F11N6.C18N12.C12F4N4/c1-8-9(4-43)20(33)23(36)15(19(8)32)10(5-44)13-14(11(6-45)16-24(37)28(41)31(48-3)29(42)25(16)38)17(13)30(47-2)18-26(39)21(34)12(7-46)22(35)27(18)40;1-23-17-9(5-21)27-13-11-12(26-8(4-20)7(3-19)25-11)14-16(15(13)29-17)30-18(24-2)10(6-22)28-14;13-9-7(5(1-17)2-18)10(14)12(16)8(11(9)15)6(3-19)4-20/h17,30H,1H3;;/b13-10+,14-11?;;. The fraction of sp³-hybridized carbons (Fsp3) is 0.0492. The molecule has 3 heterocycles. The van der Waals surface area contributed by atoms with Gasteiger partial charge in [0.15, 0.2) is 104 Å². The lowest BCUT2D eigenvalue weighted by molar-refractivity contribution is 0.427. The van der Waals surface area contributed by atoms with Crippen LogP contribution in [0.5, 0.6) is 0 Å². The van der Waals surface area contributed by atoms with Gasteiger partial charge in [0.1, 0.15) is 123 Å². The monoisotopic (exact) mass is 1330 g/mol. The second kappa shape index (κ2) is 27.3. The first-order chi connectivity index (χ1) is 46.6. The molecule has 0 N–H and O–H groups in total. The fourth-order valence-electron chi connectivity index (χ4n) is 9.10. The smallest absolute Gasteiger partial charge is 0.307 e. The van der Waals surface area contributed by atoms with Crippen LogP contribution in [0.1, 0.15) is 62.2 Å². The van der Waals surface area contributed by atoms with Gasteiger partial charge in [-0.15, -0.1) is 9.97 Å². The quantitative estimate of drug-likeness (QED) is 0.0519. The molecule has 1 aliphatic carbocycles. The number of benzene rings is 5. The maximum Gasteiger partial charge on any atom is 0.307 e. The molecule has 1 saturated carbocycles. The molecule has 3 aromatic heterocycles. The van der Waals surface area contributed by atoms with E-state index < -0.39 is 182 Å². The van der Waals surface area contributed by atoms with Crippen molar-refractivity contribution in [3.63, 3.8) is 0 Å². The second-order valence-corrected chi connectivity index (χ2v) is 18.2. The van der Waals surface area contributed by atoms with Crippen molar-refractivity contribution in [3.05, 3.63) is 211 Å². The first-order valence-electron chi connectivity index (χ1n) is 24.7. The molecule has 0 bridgehead atoms. The van der Waals surface area contributed by atoms with Gasteiger partial charge in [-0.1, -0.05) is 13.1 Å². The van der Waals surface area contributed by atoms with E-state index in [9.17, 15) is 71.1 Å². The summed E-state index contributed by atoms with van der Waals surface area (Å²) in [6, 6.07) is 12.9. The van der Waals surface area contributed by atoms with E-state index in [2.05, 4.69) is 49.3 Å². The number of hydrogen-bond acceptors (Lipinski definition) is 18. The van der Waals surface area contributed by atoms with Crippen molar-refractivity contribution in [1.82, 2.24) is 29.9 Å². The van der Waals surface area contributed by atoms with Crippen LogP contribution in [-0.4, -0.2) is 29.9 Å². The van der Waals surface area contributed by atoms with Crippen LogP contribution >= 0.6 is 0 Å². The number of halogens is 15. The van der Waals surface area contributed by atoms with E-state index in [1.54, 1.807) is 24.3 Å². The Kier molecular flexibility index (Phi) is 19.4. The summed E-state index contributed by atoms with van der Waals surface area (Å²) < 4.78 is 219. The minimum Gasteiger partial charge on any atom is -0.358 e. The van der Waals surface area contributed by atoms with Crippen LogP contribution in [0.15, 0.2) is 11.1 Å². The minimum absolute atomic E-state index is 0.00714. The molecule has 2 unspecified atom stereocenters. The summed E-state index contributed by atoms with van der Waals surface area (Å²) in [6.45, 7) is 29.5. The van der Waals surface area contributed by atoms with Crippen molar-refractivity contribution in [2.75, 3.05) is 0 Å². The van der Waals surface area contributed by atoms with Crippen molar-refractivity contribution in [2.24, 2.45) is 5.92 Å². The molecule has 0 amide bonds. The summed E-state index contributed by atoms with van der Waals surface area (Å²) in [7, 11) is 0. The first kappa shape index (κ1) is 69.6. The Morgan fingerprint density at radius 2 is 0.673 bits per heavy atom. The number of hydrogen-bond donors (Lipinski definition) is 0. The number of nitrogens with zero attached hydrogens (tertiary/aromatic N) is 22. The average molecular weight is 1330 g/mol. The Bertz CT molecular complexity index is 5380. The largest absolute Gasteiger partial charge is 0.358 e. The third-order valence-corrected chi connectivity index (χ3v) is 13.4. The van der Waals surface area contributed by atoms with Gasteiger partial charge in [-0.05, 0) is 18.1 Å². The van der Waals surface area contributed by atoms with Crippen molar-refractivity contribution < 1.29 is 65.9 Å². The van der Waals surface area contributed by atoms with E-state index in [0.29, 0.717) is 0 Å². The van der Waals surface area contributed by atoms with Gasteiger partial charge in [-0.25, -0.2) is 97.2 Å². The fourth-order valence-corrected chi connectivity index (χ4v) is 9.10. The molecule has 37 heteroatoms. The number of nitriles is 12. The lowest BCUT2D eigenvalue weighted by Crippen LogP contribution is -2.31. The number of fused-ring (bicyclic) bond motifs is 6. The molecule has 22 nitrogen and oxygen atoms in total. The predicted octanol–water partition coefficient (Wildman–Crippen LogP) is 11.1. The van der Waals surface area contributed by atoms with E-state index in [-0.39, 0.29) is 67.5 Å². The van der Waals surface area contributed by atoms with Gasteiger partial charge in [-0.3, -0.25) is 0 Å². The molecule has 0 saturated heterocycles. The Balaban J connectivity index is 0.000000229. The van der Waals surface area contributed by atoms with E-state index in [0.717, 1.165) is 55.5 Å². The highest BCUT2D eigenvalue weighted by molar-refractivity contribution is 6.18. The highest BCUT2D eigenvalue weighted by atomic mass is 19.2. The van der Waals surface area contributed by atoms with Crippen LogP contribution in [0.3, 0.4) is 0 Å². The van der Waals surface area contributed by atoms with Crippen molar-refractivity contribution in [1.29, 1.82) is 63.1 Å². The Morgan fingerprint density at radius 3 is 0.969 bits per heavy atom. The van der Waals surface area contributed by atoms with Crippen LogP contribution in [0.25, 0.3) is 74.8 Å². The molecule has 1 fully saturated rings. The normalized spacial score (nSPS) is 12.6. The summed E-state index contributed by atoms with van der Waals surface area (Å²) in [5, 5.41) is 106. The number of aromatic nitrogens is 6. The zero-order chi connectivity index (χ0) is 73.0. The van der Waals surface area contributed by atoms with E-state index in [4.69, 9.17) is 57.9 Å². The molecule has 0 radical (unpaired) electrons. The first-order valence-corrected chi connectivity index (χ1v) is 24.7. The van der Waals surface area contributed by atoms with Crippen LogP contribution in [0, 0.1) is 262 Å². The highest BCUT2D eigenvalue weighted by Gasteiger charge is 2.56. The van der Waals surface area contributed by atoms with Crippen LogP contribution < -0.4 is 10.4 Å². The topological polar surface area (TPSA) is 380 Å². The van der Waals surface area contributed by atoms with Gasteiger partial charge in [0.25, 0.3) is 11.7 Å². The molecule has 5 aromatic carbocycles. The lowest BCUT2D eigenvalue weighted by atomic mass is 9.95. The molecule has 1 aliphatic rings. The second-order valence-electron chi connectivity index (χ2n) is 18.2. The molecule has 98 heavy (non-hydrogen) atoms. The molecule has 0 aliphatic heterocycles. The van der Waals surface area contributed by atoms with Crippen molar-refractivity contribution in [3.8, 4) is 72.8 Å². The van der Waals surface area contributed by atoms with E-state index in [1.165, 1.54) is 0 Å². The minimum atomic E-state index is -2.75. The molecule has 464 valence electrons. The molecule has 0 spiro atoms. The third kappa shape index (κ3) is 10.9. The summed E-state index contributed by atoms with van der Waals surface area (Å²) >= 11 is 0. The van der Waals surface area contributed by atoms with Gasteiger partial charge in [0.2, 0.25) is 11.0 Å². The third-order valence-electron chi connectivity index (χ3n) is 13.4. The average Bonchev–Trinajstić information content (AvgIpc) is 1.50. The SMILES string of the molecule is N#CC(C#N)=c1c(F)c(F)c(=C(C#N)C#N)c(F)c1F.[C-]#[N+]c1c(F)c(F)c(C(C#N)=C2/C(=C(/C#N)c3c(F)c(C)c(C#N)c(F)c3F)C2C([N+]#[C-])c2c(F)c(F)c(C#N)c(F)c2F)c(F)c1F.[C-]#[N+]c1nc2c(nc1C#N)c1nc(C#N)c(C#N)nc1c1nc(C#N)c([N+]#[C-])nc12. The number of allylic oxidation sites excluding steroid dienone is 2. The molecular weight excluding hydrogens is 1330 g/mol. The maximum atomic E-state index is 15.4. The summed E-state index contributed by atoms with van der Waals surface area (Å²) in [5.41, 5.74) is -20.2. The van der Waals surface area contributed by atoms with E-state index in [1.807, 2.05) is 0 Å². The van der Waals surface area contributed by atoms with Crippen molar-refractivity contribution >= 4 is 72.7 Å². The van der Waals surface area contributed by atoms with Crippen LogP contribution in [0.4, 0.5) is 83.2 Å². The van der Waals surface area contributed by atoms with Crippen LogP contribution in [-0.2, 0) is 0 Å². The van der Waals surface area contributed by atoms with Crippen molar-refractivity contribution in [2.45, 2.75) is 13.0 Å². The maximum absolute atomic E-state index is 15.4. The highest BCUT2D eigenvalue weighted by Crippen LogP contribution is 2.61. The zero-order valence-electron chi connectivity index (χ0n) is 46.7. The Morgan fingerprint density at radius 1 is 0.357 bits per heavy atom. The zero-order valence-corrected chi connectivity index (χ0v) is 46.7. The van der Waals surface area contributed by atoms with Crippen LogP contribution in [0.2, 0.25) is 0 Å². The molecule has 8 aromatic rings. The summed E-state index contributed by atoms with van der Waals surface area (Å²) in [4.78, 5) is 36.2. The predicted molar refractivity (Wildman–Crippen MR) is 289 cm³/mol. The lowest BCUT2D eigenvalue weighted by Gasteiger charge is -2.11. The van der Waals surface area contributed by atoms with Gasteiger partial charge in [0, 0.05) is 5.56 Å². The van der Waals surface area contributed by atoms with E-state index >= 15 is 26.3 Å². The number of rotatable bonds is 4. The Labute approximate surface area is 532 Å². The molecular formula is C61H5F15N22. The molecule has 2 atom stereocenters. The molecule has 9 rings (SSSR count). The van der Waals surface area contributed by atoms with Gasteiger partial charge >= 0.3 is 11.6 Å². The summed E-state index contributed by atoms with van der Waals surface area (Å²) in [6.07, 6.45) is 0. The van der Waals surface area contributed by atoms with Gasteiger partial charge < -0.3 is 14.5 Å². The summed E-state index contributed by atoms with van der Waals surface area (Å²) in [5.74, 6) is -36.4. The van der Waals surface area contributed by atoms with Gasteiger partial charge in [-0.2, -0.15) is 63.1 Å². The van der Waals surface area contributed by atoms with Gasteiger partial charge in [0.05, 0.1) is 50.8 Å².